The number of anilines is 2. The average molecular weight is 277 g/mol. The monoisotopic (exact) mass is 277 g/mol. The lowest BCUT2D eigenvalue weighted by molar-refractivity contribution is 0.121. The van der Waals surface area contributed by atoms with Gasteiger partial charge in [-0.25, -0.2) is 4.98 Å². The van der Waals surface area contributed by atoms with E-state index in [1.807, 2.05) is 12.3 Å². The van der Waals surface area contributed by atoms with Gasteiger partial charge in [-0.3, -0.25) is 0 Å². The van der Waals surface area contributed by atoms with Crippen molar-refractivity contribution in [2.45, 2.75) is 44.4 Å². The zero-order valence-corrected chi connectivity index (χ0v) is 12.0. The molecule has 1 aromatic rings. The van der Waals surface area contributed by atoms with E-state index in [2.05, 4.69) is 28.2 Å². The van der Waals surface area contributed by atoms with Gasteiger partial charge in [-0.05, 0) is 38.3 Å². The Morgan fingerprint density at radius 2 is 2.15 bits per heavy atom. The quantitative estimate of drug-likeness (QED) is 0.879. The molecule has 2 fully saturated rings. The minimum atomic E-state index is -0.158. The lowest BCUT2D eigenvalue weighted by Gasteiger charge is -2.32. The highest BCUT2D eigenvalue weighted by molar-refractivity contribution is 5.66. The van der Waals surface area contributed by atoms with Crippen LogP contribution in [0, 0.1) is 0 Å². The van der Waals surface area contributed by atoms with Crippen molar-refractivity contribution in [2.24, 2.45) is 0 Å². The number of aliphatic hydroxyl groups is 1. The van der Waals surface area contributed by atoms with Crippen LogP contribution < -0.4 is 10.2 Å². The Labute approximate surface area is 120 Å². The van der Waals surface area contributed by atoms with Crippen LogP contribution >= 0.6 is 0 Å². The lowest BCUT2D eigenvalue weighted by Crippen LogP contribution is -2.37. The summed E-state index contributed by atoms with van der Waals surface area (Å²) in [6.45, 7) is 4.66. The van der Waals surface area contributed by atoms with Crippen LogP contribution in [0.25, 0.3) is 0 Å². The number of aliphatic hydroxyl groups excluding tert-OH is 1. The molecule has 1 aromatic heterocycles. The van der Waals surface area contributed by atoms with Gasteiger partial charge >= 0.3 is 0 Å². The molecule has 2 saturated heterocycles. The summed E-state index contributed by atoms with van der Waals surface area (Å²) in [5, 5.41) is 13.2. The first-order chi connectivity index (χ1) is 9.74. The second-order valence-corrected chi connectivity index (χ2v) is 5.71. The van der Waals surface area contributed by atoms with Gasteiger partial charge in [-0.15, -0.1) is 0 Å². The second kappa shape index (κ2) is 5.97. The van der Waals surface area contributed by atoms with Crippen LogP contribution in [-0.4, -0.2) is 48.0 Å². The molecule has 0 radical (unpaired) electrons. The molecule has 0 aliphatic carbocycles. The fourth-order valence-electron chi connectivity index (χ4n) is 2.96. The molecule has 2 atom stereocenters. The molecule has 5 heteroatoms. The predicted octanol–water partition coefficient (Wildman–Crippen LogP) is 1.63. The largest absolute Gasteiger partial charge is 0.393 e. The first-order valence-corrected chi connectivity index (χ1v) is 7.50. The summed E-state index contributed by atoms with van der Waals surface area (Å²) in [4.78, 5) is 6.79. The van der Waals surface area contributed by atoms with Crippen molar-refractivity contribution in [2.75, 3.05) is 29.9 Å². The fourth-order valence-corrected chi connectivity index (χ4v) is 2.96. The minimum absolute atomic E-state index is 0.158. The normalized spacial score (nSPS) is 27.8. The number of pyridine rings is 1. The van der Waals surface area contributed by atoms with E-state index in [0.29, 0.717) is 6.04 Å². The van der Waals surface area contributed by atoms with E-state index in [-0.39, 0.29) is 12.2 Å². The fraction of sp³-hybridized carbons (Fsp3) is 0.667. The number of nitrogens with zero attached hydrogens (tertiary/aromatic N) is 2. The topological polar surface area (TPSA) is 57.6 Å². The molecule has 0 amide bonds. The number of aromatic nitrogens is 1. The van der Waals surface area contributed by atoms with Gasteiger partial charge in [0.25, 0.3) is 0 Å². The highest BCUT2D eigenvalue weighted by Crippen LogP contribution is 2.28. The Morgan fingerprint density at radius 1 is 1.35 bits per heavy atom. The molecule has 0 aromatic carbocycles. The molecule has 0 bridgehead atoms. The molecule has 0 unspecified atom stereocenters. The van der Waals surface area contributed by atoms with Gasteiger partial charge in [0.15, 0.2) is 5.82 Å². The Hall–Kier alpha value is -1.33. The summed E-state index contributed by atoms with van der Waals surface area (Å²) in [5.74, 6) is 0.999. The number of hydrogen-bond donors (Lipinski definition) is 2. The second-order valence-electron chi connectivity index (χ2n) is 5.71. The number of ether oxygens (including phenoxy) is 1. The SMILES string of the molecule is C[C@@H]1OCC[C@@H]1Nc1cccnc1N1CCC(O)CC1. The van der Waals surface area contributed by atoms with Crippen LogP contribution in [0.15, 0.2) is 18.3 Å². The van der Waals surface area contributed by atoms with Crippen molar-refractivity contribution >= 4 is 11.5 Å². The summed E-state index contributed by atoms with van der Waals surface area (Å²) in [5.41, 5.74) is 1.08. The standard InChI is InChI=1S/C15H23N3O2/c1-11-13(6-10-20-11)17-14-3-2-7-16-15(14)18-8-4-12(19)5-9-18/h2-3,7,11-13,17,19H,4-6,8-10H2,1H3/t11-,13-/m0/s1. The van der Waals surface area contributed by atoms with E-state index >= 15 is 0 Å². The van der Waals surface area contributed by atoms with Crippen molar-refractivity contribution < 1.29 is 9.84 Å². The van der Waals surface area contributed by atoms with Crippen LogP contribution in [0.4, 0.5) is 11.5 Å². The van der Waals surface area contributed by atoms with Gasteiger partial charge in [0.2, 0.25) is 0 Å². The Bertz CT molecular complexity index is 446. The number of nitrogens with one attached hydrogen (secondary N) is 1. The first kappa shape index (κ1) is 13.6. The summed E-state index contributed by atoms with van der Waals surface area (Å²) >= 11 is 0. The van der Waals surface area contributed by atoms with E-state index in [4.69, 9.17) is 4.74 Å². The molecular weight excluding hydrogens is 254 g/mol. The predicted molar refractivity (Wildman–Crippen MR) is 79.1 cm³/mol. The van der Waals surface area contributed by atoms with Gasteiger partial charge in [0.05, 0.1) is 23.9 Å². The lowest BCUT2D eigenvalue weighted by atomic mass is 10.1. The molecule has 20 heavy (non-hydrogen) atoms. The minimum Gasteiger partial charge on any atom is -0.393 e. The van der Waals surface area contributed by atoms with Crippen LogP contribution in [0.3, 0.4) is 0 Å². The highest BCUT2D eigenvalue weighted by Gasteiger charge is 2.26. The van der Waals surface area contributed by atoms with E-state index in [9.17, 15) is 5.11 Å². The maximum Gasteiger partial charge on any atom is 0.151 e. The van der Waals surface area contributed by atoms with Crippen LogP contribution in [-0.2, 0) is 4.74 Å². The van der Waals surface area contributed by atoms with Gasteiger partial charge in [-0.2, -0.15) is 0 Å². The zero-order chi connectivity index (χ0) is 13.9. The molecule has 0 spiro atoms. The van der Waals surface area contributed by atoms with Crippen molar-refractivity contribution in [3.05, 3.63) is 18.3 Å². The van der Waals surface area contributed by atoms with Crippen molar-refractivity contribution in [1.82, 2.24) is 4.98 Å². The number of hydrogen-bond acceptors (Lipinski definition) is 5. The molecule has 2 N–H and O–H groups in total. The summed E-state index contributed by atoms with van der Waals surface area (Å²) in [6, 6.07) is 4.40. The first-order valence-electron chi connectivity index (χ1n) is 7.50. The third-order valence-corrected chi connectivity index (χ3v) is 4.27. The molecule has 2 aliphatic heterocycles. The zero-order valence-electron chi connectivity index (χ0n) is 12.0. The summed E-state index contributed by atoms with van der Waals surface area (Å²) < 4.78 is 5.61. The van der Waals surface area contributed by atoms with Gasteiger partial charge < -0.3 is 20.1 Å². The van der Waals surface area contributed by atoms with E-state index < -0.39 is 0 Å². The van der Waals surface area contributed by atoms with Crippen molar-refractivity contribution in [1.29, 1.82) is 0 Å². The summed E-state index contributed by atoms with van der Waals surface area (Å²) in [7, 11) is 0. The smallest absolute Gasteiger partial charge is 0.151 e. The third kappa shape index (κ3) is 2.88. The Morgan fingerprint density at radius 3 is 2.85 bits per heavy atom. The average Bonchev–Trinajstić information content (AvgIpc) is 2.86. The van der Waals surface area contributed by atoms with Crippen molar-refractivity contribution in [3.8, 4) is 0 Å². The molecule has 2 aliphatic rings. The molecule has 5 nitrogen and oxygen atoms in total. The molecular formula is C15H23N3O2. The molecule has 3 heterocycles. The van der Waals surface area contributed by atoms with Gasteiger partial charge in [0.1, 0.15) is 0 Å². The van der Waals surface area contributed by atoms with Crippen LogP contribution in [0.5, 0.6) is 0 Å². The summed E-state index contributed by atoms with van der Waals surface area (Å²) in [6.07, 6.45) is 4.59. The van der Waals surface area contributed by atoms with E-state index in [0.717, 1.165) is 50.5 Å². The third-order valence-electron chi connectivity index (χ3n) is 4.27. The van der Waals surface area contributed by atoms with E-state index in [1.165, 1.54) is 0 Å². The maximum absolute atomic E-state index is 9.63. The molecule has 0 saturated carbocycles. The van der Waals surface area contributed by atoms with Gasteiger partial charge in [-0.1, -0.05) is 0 Å². The Balaban J connectivity index is 1.74. The van der Waals surface area contributed by atoms with Crippen LogP contribution in [0.2, 0.25) is 0 Å². The van der Waals surface area contributed by atoms with Gasteiger partial charge in [0, 0.05) is 25.9 Å². The molecule has 110 valence electrons. The van der Waals surface area contributed by atoms with Crippen molar-refractivity contribution in [3.63, 3.8) is 0 Å². The molecule has 3 rings (SSSR count). The van der Waals surface area contributed by atoms with E-state index in [1.54, 1.807) is 0 Å². The highest BCUT2D eigenvalue weighted by atomic mass is 16.5. The number of rotatable bonds is 3. The maximum atomic E-state index is 9.63. The van der Waals surface area contributed by atoms with Crippen LogP contribution in [0.1, 0.15) is 26.2 Å². The number of piperidine rings is 1. The Kier molecular flexibility index (Phi) is 4.08.